The Morgan fingerprint density at radius 1 is 1.37 bits per heavy atom. The average Bonchev–Trinajstić information content (AvgIpc) is 2.93. The topological polar surface area (TPSA) is 86.5 Å². The molecule has 0 saturated carbocycles. The van der Waals surface area contributed by atoms with Crippen LogP contribution in [0, 0.1) is 5.82 Å². The lowest BCUT2D eigenvalue weighted by molar-refractivity contribution is 0.0680. The Labute approximate surface area is 154 Å². The molecule has 3 aromatic rings. The van der Waals surface area contributed by atoms with Crippen LogP contribution in [0.25, 0.3) is 11.0 Å². The van der Waals surface area contributed by atoms with Crippen molar-refractivity contribution in [3.8, 4) is 17.4 Å². The smallest absolute Gasteiger partial charge is 0.372 e. The van der Waals surface area contributed by atoms with E-state index < -0.39 is 24.8 Å². The molecule has 142 valence electrons. The molecule has 3 rings (SSSR count). The molecule has 11 heteroatoms. The van der Waals surface area contributed by atoms with E-state index in [0.29, 0.717) is 0 Å². The zero-order valence-corrected chi connectivity index (χ0v) is 14.4. The van der Waals surface area contributed by atoms with Crippen molar-refractivity contribution in [2.75, 3.05) is 6.61 Å². The maximum atomic E-state index is 14.3. The highest BCUT2D eigenvalue weighted by Crippen LogP contribution is 2.34. The number of hydrogen-bond acceptors (Lipinski definition) is 5. The van der Waals surface area contributed by atoms with Crippen LogP contribution in [0.4, 0.5) is 13.2 Å². The summed E-state index contributed by atoms with van der Waals surface area (Å²) in [4.78, 5) is 18.7. The summed E-state index contributed by atoms with van der Waals surface area (Å²) in [5.74, 6) is -2.92. The minimum absolute atomic E-state index is 0.0586. The standard InChI is InChI=1S/C16H11ClF3N3O4/c1-23-10-4-8(3-9(18)13(10)22-14(23)16(24)25)27-15-11(26-6-12(19)20)2-7(17)5-21-15/h2-5,12H,6H2,1H3,(H,24,25). The molecule has 0 radical (unpaired) electrons. The van der Waals surface area contributed by atoms with Gasteiger partial charge < -0.3 is 19.1 Å². The number of carboxylic acid groups (broad SMARTS) is 1. The van der Waals surface area contributed by atoms with Crippen molar-refractivity contribution in [1.82, 2.24) is 14.5 Å². The normalized spacial score (nSPS) is 11.2. The number of imidazole rings is 1. The van der Waals surface area contributed by atoms with Crippen LogP contribution >= 0.6 is 11.6 Å². The largest absolute Gasteiger partial charge is 0.482 e. The Balaban J connectivity index is 2.00. The number of fused-ring (bicyclic) bond motifs is 1. The number of pyridine rings is 1. The number of aryl methyl sites for hydroxylation is 1. The number of aromatic nitrogens is 3. The maximum Gasteiger partial charge on any atom is 0.372 e. The van der Waals surface area contributed by atoms with Gasteiger partial charge in [0.2, 0.25) is 5.82 Å². The molecule has 2 heterocycles. The fourth-order valence-electron chi connectivity index (χ4n) is 2.32. The molecular formula is C16H11ClF3N3O4. The summed E-state index contributed by atoms with van der Waals surface area (Å²) in [5.41, 5.74) is 0.00639. The molecule has 7 nitrogen and oxygen atoms in total. The van der Waals surface area contributed by atoms with E-state index in [0.717, 1.165) is 6.07 Å². The van der Waals surface area contributed by atoms with Crippen molar-refractivity contribution in [2.24, 2.45) is 7.05 Å². The molecule has 2 aromatic heterocycles. The minimum atomic E-state index is -2.73. The second-order valence-corrected chi connectivity index (χ2v) is 5.77. The number of alkyl halides is 2. The van der Waals surface area contributed by atoms with Crippen molar-refractivity contribution >= 4 is 28.6 Å². The Morgan fingerprint density at radius 2 is 2.11 bits per heavy atom. The van der Waals surface area contributed by atoms with Gasteiger partial charge in [-0.2, -0.15) is 0 Å². The lowest BCUT2D eigenvalue weighted by Gasteiger charge is -2.12. The number of rotatable bonds is 6. The molecule has 0 amide bonds. The number of carbonyl (C=O) groups is 1. The molecular weight excluding hydrogens is 391 g/mol. The first-order chi connectivity index (χ1) is 12.8. The highest BCUT2D eigenvalue weighted by Gasteiger charge is 2.19. The van der Waals surface area contributed by atoms with Crippen LogP contribution < -0.4 is 9.47 Å². The van der Waals surface area contributed by atoms with Crippen LogP contribution in [0.2, 0.25) is 5.02 Å². The second kappa shape index (κ2) is 7.31. The molecule has 0 atom stereocenters. The van der Waals surface area contributed by atoms with Crippen LogP contribution in [0.1, 0.15) is 10.6 Å². The third kappa shape index (κ3) is 3.90. The third-order valence-corrected chi connectivity index (χ3v) is 3.68. The average molecular weight is 402 g/mol. The van der Waals surface area contributed by atoms with Gasteiger partial charge in [-0.3, -0.25) is 0 Å². The Hall–Kier alpha value is -3.01. The number of nitrogens with zero attached hydrogens (tertiary/aromatic N) is 3. The predicted octanol–water partition coefficient (Wildman–Crippen LogP) is 3.90. The highest BCUT2D eigenvalue weighted by atomic mass is 35.5. The third-order valence-electron chi connectivity index (χ3n) is 3.47. The van der Waals surface area contributed by atoms with Gasteiger partial charge in [0.15, 0.2) is 11.6 Å². The van der Waals surface area contributed by atoms with Crippen LogP contribution in [-0.2, 0) is 7.05 Å². The summed E-state index contributed by atoms with van der Waals surface area (Å²) in [6.07, 6.45) is -1.53. The predicted molar refractivity (Wildman–Crippen MR) is 88.5 cm³/mol. The van der Waals surface area contributed by atoms with E-state index in [1.54, 1.807) is 0 Å². The maximum absolute atomic E-state index is 14.3. The van der Waals surface area contributed by atoms with E-state index >= 15 is 0 Å². The number of halogens is 4. The summed E-state index contributed by atoms with van der Waals surface area (Å²) in [6, 6.07) is 3.53. The highest BCUT2D eigenvalue weighted by molar-refractivity contribution is 6.30. The first kappa shape index (κ1) is 18.8. The van der Waals surface area contributed by atoms with E-state index in [4.69, 9.17) is 26.2 Å². The van der Waals surface area contributed by atoms with Gasteiger partial charge in [-0.05, 0) is 0 Å². The van der Waals surface area contributed by atoms with Crippen molar-refractivity contribution in [1.29, 1.82) is 0 Å². The molecule has 0 aliphatic heterocycles. The summed E-state index contributed by atoms with van der Waals surface area (Å²) in [6.45, 7) is -0.907. The van der Waals surface area contributed by atoms with Gasteiger partial charge in [0.25, 0.3) is 12.3 Å². The number of hydrogen-bond donors (Lipinski definition) is 1. The summed E-state index contributed by atoms with van der Waals surface area (Å²) in [5, 5.41) is 9.22. The van der Waals surface area contributed by atoms with Gasteiger partial charge in [0.1, 0.15) is 17.9 Å². The molecule has 0 unspecified atom stereocenters. The Morgan fingerprint density at radius 3 is 2.78 bits per heavy atom. The van der Waals surface area contributed by atoms with E-state index in [9.17, 15) is 18.0 Å². The molecule has 1 aromatic carbocycles. The monoisotopic (exact) mass is 401 g/mol. The Kier molecular flexibility index (Phi) is 5.08. The number of carboxylic acids is 1. The van der Waals surface area contributed by atoms with Crippen LogP contribution in [-0.4, -0.2) is 38.6 Å². The van der Waals surface area contributed by atoms with Gasteiger partial charge in [0, 0.05) is 31.4 Å². The first-order valence-electron chi connectivity index (χ1n) is 7.40. The van der Waals surface area contributed by atoms with Crippen LogP contribution in [0.5, 0.6) is 17.4 Å². The summed E-state index contributed by atoms with van der Waals surface area (Å²) in [7, 11) is 1.40. The van der Waals surface area contributed by atoms with Gasteiger partial charge >= 0.3 is 5.97 Å². The Bertz CT molecular complexity index is 1030. The van der Waals surface area contributed by atoms with Crippen molar-refractivity contribution < 1.29 is 32.5 Å². The molecule has 0 aliphatic rings. The fraction of sp³-hybridized carbons (Fsp3) is 0.188. The van der Waals surface area contributed by atoms with E-state index in [1.807, 2.05) is 0 Å². The molecule has 0 aliphatic carbocycles. The lowest BCUT2D eigenvalue weighted by Crippen LogP contribution is -2.08. The molecule has 0 saturated heterocycles. The van der Waals surface area contributed by atoms with Crippen LogP contribution in [0.3, 0.4) is 0 Å². The zero-order chi connectivity index (χ0) is 19.7. The van der Waals surface area contributed by atoms with E-state index in [-0.39, 0.29) is 39.3 Å². The molecule has 1 N–H and O–H groups in total. The van der Waals surface area contributed by atoms with Gasteiger partial charge in [-0.15, -0.1) is 0 Å². The quantitative estimate of drug-likeness (QED) is 0.674. The van der Waals surface area contributed by atoms with E-state index in [1.165, 1.54) is 29.9 Å². The van der Waals surface area contributed by atoms with E-state index in [2.05, 4.69) is 9.97 Å². The van der Waals surface area contributed by atoms with Gasteiger partial charge in [-0.25, -0.2) is 27.9 Å². The molecule has 27 heavy (non-hydrogen) atoms. The summed E-state index contributed by atoms with van der Waals surface area (Å²) >= 11 is 5.78. The molecule has 0 fully saturated rings. The van der Waals surface area contributed by atoms with Gasteiger partial charge in [0.05, 0.1) is 10.5 Å². The first-order valence-corrected chi connectivity index (χ1v) is 7.77. The number of benzene rings is 1. The minimum Gasteiger partial charge on any atom is -0.482 e. The fourth-order valence-corrected chi connectivity index (χ4v) is 2.47. The SMILES string of the molecule is Cn1c(C(=O)O)nc2c(F)cc(Oc3ncc(Cl)cc3OCC(F)F)cc21. The number of ether oxygens (including phenoxy) is 2. The van der Waals surface area contributed by atoms with Crippen molar-refractivity contribution in [3.05, 3.63) is 41.1 Å². The summed E-state index contributed by atoms with van der Waals surface area (Å²) < 4.78 is 50.6. The number of aromatic carboxylic acids is 1. The lowest BCUT2D eigenvalue weighted by atomic mass is 10.3. The molecule has 0 bridgehead atoms. The second-order valence-electron chi connectivity index (χ2n) is 5.33. The van der Waals surface area contributed by atoms with Crippen LogP contribution in [0.15, 0.2) is 24.4 Å². The van der Waals surface area contributed by atoms with Crippen molar-refractivity contribution in [3.63, 3.8) is 0 Å². The van der Waals surface area contributed by atoms with Crippen molar-refractivity contribution in [2.45, 2.75) is 6.43 Å². The molecule has 0 spiro atoms. The zero-order valence-electron chi connectivity index (χ0n) is 13.6. The van der Waals surface area contributed by atoms with Gasteiger partial charge in [-0.1, -0.05) is 11.6 Å².